The van der Waals surface area contributed by atoms with E-state index in [0.29, 0.717) is 30.2 Å². The molecule has 0 bridgehead atoms. The van der Waals surface area contributed by atoms with E-state index in [4.69, 9.17) is 9.47 Å². The first-order chi connectivity index (χ1) is 15.7. The summed E-state index contributed by atoms with van der Waals surface area (Å²) in [4.78, 5) is 29.6. The van der Waals surface area contributed by atoms with Gasteiger partial charge >= 0.3 is 0 Å². The van der Waals surface area contributed by atoms with Crippen LogP contribution < -0.4 is 10.1 Å². The fraction of sp³-hybridized carbons (Fsp3) is 0.440. The van der Waals surface area contributed by atoms with E-state index in [-0.39, 0.29) is 29.5 Å². The third-order valence-corrected chi connectivity index (χ3v) is 6.10. The number of ether oxygens (including phenoxy) is 2. The van der Waals surface area contributed by atoms with Crippen molar-refractivity contribution >= 4 is 17.5 Å². The molecule has 178 valence electrons. The Hall–Kier alpha value is -2.97. The number of amides is 2. The molecule has 1 N–H and O–H groups in total. The topological polar surface area (TPSA) is 71.1 Å². The number of rotatable bonds is 3. The summed E-state index contributed by atoms with van der Waals surface area (Å²) in [5.74, 6) is -0.525. The van der Waals surface area contributed by atoms with Gasteiger partial charge in [0.15, 0.2) is 0 Å². The molecule has 0 aliphatic carbocycles. The van der Waals surface area contributed by atoms with Gasteiger partial charge in [-0.25, -0.2) is 4.39 Å². The molecule has 33 heavy (non-hydrogen) atoms. The van der Waals surface area contributed by atoms with Crippen LogP contribution >= 0.6 is 0 Å². The zero-order chi connectivity index (χ0) is 24.1. The number of carbonyl (C=O) groups is 2. The quantitative estimate of drug-likeness (QED) is 0.764. The van der Waals surface area contributed by atoms with Gasteiger partial charge in [-0.15, -0.1) is 0 Å². The molecule has 2 aromatic rings. The average molecular weight is 458 g/mol. The van der Waals surface area contributed by atoms with Gasteiger partial charge in [0, 0.05) is 50.6 Å². The van der Waals surface area contributed by atoms with Gasteiger partial charge in [0.25, 0.3) is 11.8 Å². The lowest BCUT2D eigenvalue weighted by atomic mass is 10.0. The highest BCUT2D eigenvalue weighted by atomic mass is 19.1. The maximum atomic E-state index is 13.5. The van der Waals surface area contributed by atoms with Crippen molar-refractivity contribution in [1.29, 1.82) is 0 Å². The highest BCUT2D eigenvalue weighted by Crippen LogP contribution is 2.27. The zero-order valence-electron chi connectivity index (χ0n) is 19.8. The van der Waals surface area contributed by atoms with Crippen LogP contribution in [-0.2, 0) is 4.74 Å². The van der Waals surface area contributed by atoms with Crippen LogP contribution in [0.4, 0.5) is 10.1 Å². The number of benzene rings is 2. The van der Waals surface area contributed by atoms with Crippen molar-refractivity contribution < 1.29 is 23.5 Å². The van der Waals surface area contributed by atoms with Gasteiger partial charge in [-0.2, -0.15) is 0 Å². The molecule has 1 heterocycles. The number of nitrogens with zero attached hydrogens (tertiary/aromatic N) is 2. The third kappa shape index (κ3) is 6.09. The predicted octanol–water partition coefficient (Wildman–Crippen LogP) is 3.51. The van der Waals surface area contributed by atoms with Crippen LogP contribution in [0.25, 0.3) is 0 Å². The summed E-state index contributed by atoms with van der Waals surface area (Å²) >= 11 is 0. The molecule has 1 aliphatic heterocycles. The lowest BCUT2D eigenvalue weighted by molar-refractivity contribution is 0.0150. The Bertz CT molecular complexity index is 999. The van der Waals surface area contributed by atoms with Gasteiger partial charge in [0.05, 0.1) is 11.7 Å². The number of methoxy groups -OCH3 is 1. The molecule has 0 radical (unpaired) electrons. The van der Waals surface area contributed by atoms with E-state index in [0.717, 1.165) is 6.54 Å². The summed E-state index contributed by atoms with van der Waals surface area (Å²) < 4.78 is 25.2. The van der Waals surface area contributed by atoms with Crippen LogP contribution in [0.3, 0.4) is 0 Å². The summed E-state index contributed by atoms with van der Waals surface area (Å²) in [6.45, 7) is 5.78. The lowest BCUT2D eigenvalue weighted by Gasteiger charge is -2.34. The van der Waals surface area contributed by atoms with E-state index in [1.807, 2.05) is 7.05 Å². The van der Waals surface area contributed by atoms with Gasteiger partial charge in [-0.1, -0.05) is 13.0 Å². The van der Waals surface area contributed by atoms with Crippen LogP contribution in [0.2, 0.25) is 0 Å². The minimum atomic E-state index is -0.487. The van der Waals surface area contributed by atoms with Crippen molar-refractivity contribution in [1.82, 2.24) is 9.80 Å². The zero-order valence-corrected chi connectivity index (χ0v) is 19.8. The van der Waals surface area contributed by atoms with Crippen molar-refractivity contribution in [3.05, 3.63) is 59.4 Å². The van der Waals surface area contributed by atoms with Crippen LogP contribution in [0.1, 0.15) is 34.6 Å². The molecule has 0 saturated heterocycles. The van der Waals surface area contributed by atoms with Gasteiger partial charge < -0.3 is 19.7 Å². The molecule has 8 heteroatoms. The second kappa shape index (κ2) is 10.8. The SMILES string of the molecule is CO[C@H]1CN(C)C(=O)c2ccc(NC(=O)c3cccc(F)c3)cc2OC[C@H](C)N(C)C[C@H]1C. The molecule has 0 fully saturated rings. The van der Waals surface area contributed by atoms with E-state index < -0.39 is 11.7 Å². The molecule has 0 spiro atoms. The average Bonchev–Trinajstić information content (AvgIpc) is 2.79. The van der Waals surface area contributed by atoms with Crippen molar-refractivity contribution in [2.45, 2.75) is 26.0 Å². The Labute approximate surface area is 194 Å². The highest BCUT2D eigenvalue weighted by molar-refractivity contribution is 6.05. The van der Waals surface area contributed by atoms with E-state index in [9.17, 15) is 14.0 Å². The minimum absolute atomic E-state index is 0.0932. The number of carbonyl (C=O) groups excluding carboxylic acids is 2. The molecule has 0 saturated carbocycles. The Balaban J connectivity index is 1.90. The molecule has 7 nitrogen and oxygen atoms in total. The number of anilines is 1. The number of nitrogens with one attached hydrogen (secondary N) is 1. The Kier molecular flexibility index (Phi) is 8.05. The van der Waals surface area contributed by atoms with Crippen LogP contribution in [0, 0.1) is 11.7 Å². The van der Waals surface area contributed by atoms with Gasteiger partial charge in [0.1, 0.15) is 18.2 Å². The molecule has 1 aliphatic rings. The summed E-state index contributed by atoms with van der Waals surface area (Å²) in [5.41, 5.74) is 1.06. The number of halogens is 1. The number of fused-ring (bicyclic) bond motifs is 1. The van der Waals surface area contributed by atoms with Gasteiger partial charge in [-0.05, 0) is 50.2 Å². The molecule has 3 rings (SSSR count). The van der Waals surface area contributed by atoms with Crippen LogP contribution in [-0.4, -0.2) is 74.7 Å². The smallest absolute Gasteiger partial charge is 0.257 e. The lowest BCUT2D eigenvalue weighted by Crippen LogP contribution is -2.45. The minimum Gasteiger partial charge on any atom is -0.491 e. The fourth-order valence-corrected chi connectivity index (χ4v) is 3.86. The number of likely N-dealkylation sites (N-methyl/N-ethyl adjacent to an activating group) is 2. The van der Waals surface area contributed by atoms with E-state index >= 15 is 0 Å². The monoisotopic (exact) mass is 457 g/mol. The largest absolute Gasteiger partial charge is 0.491 e. The van der Waals surface area contributed by atoms with Crippen molar-refractivity contribution in [3.8, 4) is 5.75 Å². The normalized spacial score (nSPS) is 22.5. The molecule has 0 aromatic heterocycles. The van der Waals surface area contributed by atoms with Crippen molar-refractivity contribution in [2.75, 3.05) is 46.2 Å². The maximum Gasteiger partial charge on any atom is 0.257 e. The summed E-state index contributed by atoms with van der Waals surface area (Å²) in [6.07, 6.45) is -0.109. The van der Waals surface area contributed by atoms with E-state index in [2.05, 4.69) is 24.1 Å². The Morgan fingerprint density at radius 2 is 1.91 bits per heavy atom. The summed E-state index contributed by atoms with van der Waals surface area (Å²) in [6, 6.07) is 10.5. The number of hydrogen-bond acceptors (Lipinski definition) is 5. The molecular weight excluding hydrogens is 425 g/mol. The first-order valence-electron chi connectivity index (χ1n) is 11.0. The molecule has 2 aromatic carbocycles. The predicted molar refractivity (Wildman–Crippen MR) is 125 cm³/mol. The standard InChI is InChI=1S/C25H32FN3O4/c1-16-13-28(3)17(2)15-33-22-12-20(27-24(30)18-7-6-8-19(26)11-18)9-10-21(22)25(31)29(4)14-23(16)32-5/h6-12,16-17,23H,13-15H2,1-5H3,(H,27,30)/t16-,17+,23+/m1/s1. The van der Waals surface area contributed by atoms with Crippen molar-refractivity contribution in [2.24, 2.45) is 5.92 Å². The molecule has 2 amide bonds. The second-order valence-corrected chi connectivity index (χ2v) is 8.71. The van der Waals surface area contributed by atoms with Crippen LogP contribution in [0.15, 0.2) is 42.5 Å². The fourth-order valence-electron chi connectivity index (χ4n) is 3.86. The summed E-state index contributed by atoms with van der Waals surface area (Å²) in [5, 5.41) is 2.75. The van der Waals surface area contributed by atoms with Crippen LogP contribution in [0.5, 0.6) is 5.75 Å². The maximum absolute atomic E-state index is 13.5. The van der Waals surface area contributed by atoms with Crippen molar-refractivity contribution in [3.63, 3.8) is 0 Å². The Morgan fingerprint density at radius 3 is 2.61 bits per heavy atom. The van der Waals surface area contributed by atoms with E-state index in [1.165, 1.54) is 24.3 Å². The van der Waals surface area contributed by atoms with Gasteiger partial charge in [-0.3, -0.25) is 14.5 Å². The first-order valence-corrected chi connectivity index (χ1v) is 11.0. The van der Waals surface area contributed by atoms with E-state index in [1.54, 1.807) is 37.3 Å². The summed E-state index contributed by atoms with van der Waals surface area (Å²) in [7, 11) is 5.44. The van der Waals surface area contributed by atoms with Gasteiger partial charge in [0.2, 0.25) is 0 Å². The molecule has 3 atom stereocenters. The highest BCUT2D eigenvalue weighted by Gasteiger charge is 2.27. The number of hydrogen-bond donors (Lipinski definition) is 1. The Morgan fingerprint density at radius 1 is 1.15 bits per heavy atom. The molecular formula is C25H32FN3O4. The second-order valence-electron chi connectivity index (χ2n) is 8.71. The third-order valence-electron chi connectivity index (χ3n) is 6.10. The molecule has 0 unspecified atom stereocenters. The first kappa shape index (κ1) is 24.7.